The first-order valence-corrected chi connectivity index (χ1v) is 10.6. The zero-order chi connectivity index (χ0) is 22.8. The van der Waals surface area contributed by atoms with Crippen molar-refractivity contribution in [1.29, 1.82) is 0 Å². The van der Waals surface area contributed by atoms with Crippen LogP contribution in [0, 0.1) is 19.7 Å². The van der Waals surface area contributed by atoms with Crippen molar-refractivity contribution in [2.24, 2.45) is 0 Å². The molecule has 7 nitrogen and oxygen atoms in total. The third-order valence-electron chi connectivity index (χ3n) is 5.49. The van der Waals surface area contributed by atoms with Gasteiger partial charge < -0.3 is 10.6 Å². The van der Waals surface area contributed by atoms with Crippen molar-refractivity contribution in [3.63, 3.8) is 0 Å². The van der Waals surface area contributed by atoms with Gasteiger partial charge in [-0.25, -0.2) is 9.07 Å². The van der Waals surface area contributed by atoms with E-state index in [1.54, 1.807) is 0 Å². The van der Waals surface area contributed by atoms with Crippen molar-refractivity contribution >= 4 is 29.1 Å². The van der Waals surface area contributed by atoms with Crippen molar-refractivity contribution in [2.45, 2.75) is 19.9 Å². The molecular weight excluding hydrogens is 433 g/mol. The van der Waals surface area contributed by atoms with E-state index < -0.39 is 11.9 Å². The number of piperazine rings is 1. The number of halogens is 2. The summed E-state index contributed by atoms with van der Waals surface area (Å²) in [5.74, 6) is -1.01. The molecule has 2 amide bonds. The molecule has 0 bridgehead atoms. The zero-order valence-corrected chi connectivity index (χ0v) is 18.5. The van der Waals surface area contributed by atoms with E-state index in [2.05, 4.69) is 15.7 Å². The zero-order valence-electron chi connectivity index (χ0n) is 17.7. The Bertz CT molecular complexity index is 1160. The summed E-state index contributed by atoms with van der Waals surface area (Å²) in [6.45, 7) is 4.68. The second-order valence-corrected chi connectivity index (χ2v) is 8.08. The molecule has 9 heteroatoms. The standard InChI is InChI=1S/C23H23ClFN5O2/c1-14-21(15(2)30(28-14)17-6-4-3-5-7-17)22-23(32)26-10-11-29(22)13-20(31)27-19-9-8-16(25)12-18(19)24/h3-9,12,22H,10-11,13H2,1-2H3,(H,26,32)(H,27,31)/t22-/m1/s1. The maximum atomic E-state index is 13.3. The normalized spacial score (nSPS) is 16.6. The third-order valence-corrected chi connectivity index (χ3v) is 5.80. The van der Waals surface area contributed by atoms with Crippen LogP contribution in [0.1, 0.15) is 23.0 Å². The molecule has 3 aromatic rings. The number of para-hydroxylation sites is 1. The molecule has 0 radical (unpaired) electrons. The summed E-state index contributed by atoms with van der Waals surface area (Å²) in [5, 5.41) is 10.4. The Morgan fingerprint density at radius 2 is 2.00 bits per heavy atom. The fraction of sp³-hybridized carbons (Fsp3) is 0.261. The highest BCUT2D eigenvalue weighted by molar-refractivity contribution is 6.33. The maximum absolute atomic E-state index is 13.3. The predicted molar refractivity (Wildman–Crippen MR) is 120 cm³/mol. The molecule has 1 aliphatic heterocycles. The molecule has 32 heavy (non-hydrogen) atoms. The second-order valence-electron chi connectivity index (χ2n) is 7.67. The molecule has 4 rings (SSSR count). The molecule has 1 saturated heterocycles. The fourth-order valence-corrected chi connectivity index (χ4v) is 4.25. The highest BCUT2D eigenvalue weighted by Gasteiger charge is 2.36. The van der Waals surface area contributed by atoms with Crippen LogP contribution in [-0.4, -0.2) is 46.1 Å². The molecule has 0 saturated carbocycles. The van der Waals surface area contributed by atoms with Gasteiger partial charge in [-0.05, 0) is 44.2 Å². The van der Waals surface area contributed by atoms with Crippen molar-refractivity contribution in [3.8, 4) is 5.69 Å². The van der Waals surface area contributed by atoms with Gasteiger partial charge in [0.2, 0.25) is 11.8 Å². The monoisotopic (exact) mass is 455 g/mol. The highest BCUT2D eigenvalue weighted by Crippen LogP contribution is 2.30. The average molecular weight is 456 g/mol. The smallest absolute Gasteiger partial charge is 0.242 e. The van der Waals surface area contributed by atoms with Crippen molar-refractivity contribution < 1.29 is 14.0 Å². The van der Waals surface area contributed by atoms with Crippen LogP contribution in [-0.2, 0) is 9.59 Å². The van der Waals surface area contributed by atoms with Crippen LogP contribution in [0.15, 0.2) is 48.5 Å². The summed E-state index contributed by atoms with van der Waals surface area (Å²) < 4.78 is 15.1. The van der Waals surface area contributed by atoms with E-state index in [-0.39, 0.29) is 23.4 Å². The number of aryl methyl sites for hydroxylation is 1. The summed E-state index contributed by atoms with van der Waals surface area (Å²) in [6, 6.07) is 12.8. The average Bonchev–Trinajstić information content (AvgIpc) is 3.05. The SMILES string of the molecule is Cc1nn(-c2ccccc2)c(C)c1[C@@H]1C(=O)NCCN1CC(=O)Nc1ccc(F)cc1Cl. The van der Waals surface area contributed by atoms with E-state index in [9.17, 15) is 14.0 Å². The number of anilines is 1. The van der Waals surface area contributed by atoms with Gasteiger partial charge in [-0.15, -0.1) is 0 Å². The number of amides is 2. The van der Waals surface area contributed by atoms with Crippen LogP contribution in [0.4, 0.5) is 10.1 Å². The van der Waals surface area contributed by atoms with Gasteiger partial charge in [-0.3, -0.25) is 14.5 Å². The fourth-order valence-electron chi connectivity index (χ4n) is 4.03. The van der Waals surface area contributed by atoms with Gasteiger partial charge in [0.15, 0.2) is 0 Å². The summed E-state index contributed by atoms with van der Waals surface area (Å²) >= 11 is 6.02. The first-order chi connectivity index (χ1) is 15.3. The van der Waals surface area contributed by atoms with Gasteiger partial charge in [0, 0.05) is 24.3 Å². The minimum Gasteiger partial charge on any atom is -0.353 e. The molecule has 166 valence electrons. The van der Waals surface area contributed by atoms with Crippen LogP contribution in [0.25, 0.3) is 5.69 Å². The molecule has 1 aromatic heterocycles. The summed E-state index contributed by atoms with van der Waals surface area (Å²) in [5.41, 5.74) is 3.55. The number of hydrogen-bond donors (Lipinski definition) is 2. The quantitative estimate of drug-likeness (QED) is 0.618. The molecule has 1 aliphatic rings. The Morgan fingerprint density at radius 1 is 1.25 bits per heavy atom. The largest absolute Gasteiger partial charge is 0.353 e. The predicted octanol–water partition coefficient (Wildman–Crippen LogP) is 3.39. The van der Waals surface area contributed by atoms with Crippen LogP contribution >= 0.6 is 11.6 Å². The molecule has 1 atom stereocenters. The van der Waals surface area contributed by atoms with Crippen molar-refractivity contribution in [3.05, 3.63) is 76.3 Å². The number of hydrogen-bond acceptors (Lipinski definition) is 4. The Hall–Kier alpha value is -3.23. The first kappa shape index (κ1) is 22.0. The van der Waals surface area contributed by atoms with E-state index in [0.29, 0.717) is 18.8 Å². The highest BCUT2D eigenvalue weighted by atomic mass is 35.5. The van der Waals surface area contributed by atoms with Gasteiger partial charge in [0.05, 0.1) is 28.6 Å². The Labute approximate surface area is 190 Å². The molecule has 1 fully saturated rings. The topological polar surface area (TPSA) is 79.3 Å². The number of carbonyl (C=O) groups excluding carboxylic acids is 2. The lowest BCUT2D eigenvalue weighted by Gasteiger charge is -2.34. The minimum absolute atomic E-state index is 0.0266. The lowest BCUT2D eigenvalue weighted by Crippen LogP contribution is -2.52. The lowest BCUT2D eigenvalue weighted by molar-refractivity contribution is -0.130. The number of rotatable bonds is 5. The van der Waals surface area contributed by atoms with Crippen LogP contribution in [0.2, 0.25) is 5.02 Å². The van der Waals surface area contributed by atoms with Gasteiger partial charge >= 0.3 is 0 Å². The van der Waals surface area contributed by atoms with E-state index in [4.69, 9.17) is 11.6 Å². The molecular formula is C23H23ClFN5O2. The van der Waals surface area contributed by atoms with Crippen LogP contribution < -0.4 is 10.6 Å². The second kappa shape index (κ2) is 9.10. The maximum Gasteiger partial charge on any atom is 0.242 e. The van der Waals surface area contributed by atoms with Gasteiger partial charge in [0.1, 0.15) is 11.9 Å². The van der Waals surface area contributed by atoms with E-state index in [1.165, 1.54) is 12.1 Å². The Morgan fingerprint density at radius 3 is 2.72 bits per heavy atom. The molecule has 0 aliphatic carbocycles. The van der Waals surface area contributed by atoms with Gasteiger partial charge in [0.25, 0.3) is 0 Å². The lowest BCUT2D eigenvalue weighted by atomic mass is 10.00. The number of nitrogens with one attached hydrogen (secondary N) is 2. The Kier molecular flexibility index (Phi) is 6.25. The van der Waals surface area contributed by atoms with Crippen molar-refractivity contribution in [2.75, 3.05) is 25.0 Å². The minimum atomic E-state index is -0.657. The summed E-state index contributed by atoms with van der Waals surface area (Å²) in [4.78, 5) is 27.5. The molecule has 2 heterocycles. The van der Waals surface area contributed by atoms with E-state index in [0.717, 1.165) is 28.7 Å². The number of nitrogens with zero attached hydrogens (tertiary/aromatic N) is 3. The van der Waals surface area contributed by atoms with E-state index in [1.807, 2.05) is 53.8 Å². The van der Waals surface area contributed by atoms with Crippen molar-refractivity contribution in [1.82, 2.24) is 20.0 Å². The number of carbonyl (C=O) groups is 2. The van der Waals surface area contributed by atoms with Crippen LogP contribution in [0.5, 0.6) is 0 Å². The molecule has 0 unspecified atom stereocenters. The Balaban J connectivity index is 1.60. The van der Waals surface area contributed by atoms with Gasteiger partial charge in [-0.2, -0.15) is 5.10 Å². The molecule has 2 aromatic carbocycles. The summed E-state index contributed by atoms with van der Waals surface area (Å²) in [7, 11) is 0. The van der Waals surface area contributed by atoms with E-state index >= 15 is 0 Å². The van der Waals surface area contributed by atoms with Gasteiger partial charge in [-0.1, -0.05) is 29.8 Å². The molecule has 0 spiro atoms. The third kappa shape index (κ3) is 4.37. The first-order valence-electron chi connectivity index (χ1n) is 10.2. The molecule has 2 N–H and O–H groups in total. The van der Waals surface area contributed by atoms with Crippen LogP contribution in [0.3, 0.4) is 0 Å². The summed E-state index contributed by atoms with van der Waals surface area (Å²) in [6.07, 6.45) is 0. The number of aromatic nitrogens is 2. The number of benzene rings is 2.